The van der Waals surface area contributed by atoms with Gasteiger partial charge in [0.25, 0.3) is 0 Å². The van der Waals surface area contributed by atoms with Gasteiger partial charge in [-0.15, -0.1) is 0 Å². The molecule has 2 fully saturated rings. The summed E-state index contributed by atoms with van der Waals surface area (Å²) in [5.41, 5.74) is 0.537. The van der Waals surface area contributed by atoms with Crippen molar-refractivity contribution in [2.45, 2.75) is 57.6 Å². The third-order valence-corrected chi connectivity index (χ3v) is 5.30. The highest BCUT2D eigenvalue weighted by atomic mass is 32.2. The molecule has 0 amide bonds. The first-order valence-electron chi connectivity index (χ1n) is 7.17. The summed E-state index contributed by atoms with van der Waals surface area (Å²) in [6.45, 7) is 4.20. The van der Waals surface area contributed by atoms with Crippen molar-refractivity contribution in [3.63, 3.8) is 0 Å². The van der Waals surface area contributed by atoms with E-state index >= 15 is 0 Å². The van der Waals surface area contributed by atoms with E-state index in [-0.39, 0.29) is 0 Å². The minimum absolute atomic E-state index is 0.537. The summed E-state index contributed by atoms with van der Waals surface area (Å²) < 4.78 is 5.87. The van der Waals surface area contributed by atoms with Crippen LogP contribution in [0.4, 0.5) is 0 Å². The van der Waals surface area contributed by atoms with Crippen molar-refractivity contribution in [3.05, 3.63) is 0 Å². The quantitative estimate of drug-likeness (QED) is 0.675. The van der Waals surface area contributed by atoms with E-state index in [9.17, 15) is 0 Å². The Kier molecular flexibility index (Phi) is 5.19. The third kappa shape index (κ3) is 2.82. The van der Waals surface area contributed by atoms with Crippen LogP contribution in [-0.4, -0.2) is 37.3 Å². The van der Waals surface area contributed by atoms with Gasteiger partial charge >= 0.3 is 0 Å². The van der Waals surface area contributed by atoms with Crippen LogP contribution in [0.3, 0.4) is 0 Å². The molecule has 2 aliphatic carbocycles. The number of unbranched alkanes of at least 4 members (excludes halogenated alkanes) is 1. The van der Waals surface area contributed by atoms with Crippen LogP contribution in [0.2, 0.25) is 0 Å². The molecule has 2 unspecified atom stereocenters. The molecule has 1 spiro atoms. The molecule has 100 valence electrons. The maximum Gasteiger partial charge on any atom is 0.0661 e. The van der Waals surface area contributed by atoms with Crippen molar-refractivity contribution < 1.29 is 4.74 Å². The second kappa shape index (κ2) is 6.44. The first-order chi connectivity index (χ1) is 8.33. The first-order valence-corrected chi connectivity index (χ1v) is 8.57. The van der Waals surface area contributed by atoms with E-state index in [1.54, 1.807) is 0 Å². The Morgan fingerprint density at radius 3 is 2.76 bits per heavy atom. The number of rotatable bonds is 8. The Morgan fingerprint density at radius 2 is 2.18 bits per heavy atom. The summed E-state index contributed by atoms with van der Waals surface area (Å²) in [4.78, 5) is 0. The predicted molar refractivity (Wildman–Crippen MR) is 75.7 cm³/mol. The molecule has 0 aromatic rings. The SMILES string of the molecule is CCOC1CC(NCCCCSC)C12CCC2. The highest BCUT2D eigenvalue weighted by Gasteiger charge is 2.58. The van der Waals surface area contributed by atoms with Crippen LogP contribution < -0.4 is 5.32 Å². The standard InChI is InChI=1S/C14H27NOS/c1-3-16-13-11-12(14(13)7-6-8-14)15-9-4-5-10-17-2/h12-13,15H,3-11H2,1-2H3. The van der Waals surface area contributed by atoms with Gasteiger partial charge in [-0.1, -0.05) is 6.42 Å². The Labute approximate surface area is 110 Å². The van der Waals surface area contributed by atoms with Crippen molar-refractivity contribution >= 4 is 11.8 Å². The van der Waals surface area contributed by atoms with Crippen LogP contribution in [0.25, 0.3) is 0 Å². The van der Waals surface area contributed by atoms with Gasteiger partial charge < -0.3 is 10.1 Å². The fraction of sp³-hybridized carbons (Fsp3) is 1.00. The maximum absolute atomic E-state index is 5.87. The zero-order valence-electron chi connectivity index (χ0n) is 11.3. The lowest BCUT2D eigenvalue weighted by molar-refractivity contribution is -0.172. The minimum Gasteiger partial charge on any atom is -0.378 e. The Hall–Kier alpha value is 0.270. The van der Waals surface area contributed by atoms with E-state index in [1.165, 1.54) is 50.8 Å². The zero-order chi connectivity index (χ0) is 12.1. The molecule has 0 aromatic carbocycles. The van der Waals surface area contributed by atoms with Crippen molar-refractivity contribution in [1.82, 2.24) is 5.32 Å². The molecule has 2 rings (SSSR count). The second-order valence-corrected chi connectivity index (χ2v) is 6.46. The molecule has 1 N–H and O–H groups in total. The van der Waals surface area contributed by atoms with Crippen LogP contribution in [0.15, 0.2) is 0 Å². The fourth-order valence-corrected chi connectivity index (χ4v) is 3.87. The van der Waals surface area contributed by atoms with E-state index in [2.05, 4.69) is 18.5 Å². The lowest BCUT2D eigenvalue weighted by Gasteiger charge is -2.61. The van der Waals surface area contributed by atoms with Gasteiger partial charge in [-0.3, -0.25) is 0 Å². The molecule has 2 atom stereocenters. The topological polar surface area (TPSA) is 21.3 Å². The fourth-order valence-electron chi connectivity index (χ4n) is 3.37. The van der Waals surface area contributed by atoms with Crippen LogP contribution in [0.5, 0.6) is 0 Å². The van der Waals surface area contributed by atoms with Crippen molar-refractivity contribution in [3.8, 4) is 0 Å². The molecule has 2 saturated carbocycles. The van der Waals surface area contributed by atoms with Gasteiger partial charge in [-0.2, -0.15) is 11.8 Å². The lowest BCUT2D eigenvalue weighted by Crippen LogP contribution is -2.66. The molecule has 0 bridgehead atoms. The van der Waals surface area contributed by atoms with E-state index in [0.29, 0.717) is 11.5 Å². The van der Waals surface area contributed by atoms with Gasteiger partial charge in [0.15, 0.2) is 0 Å². The molecule has 2 nitrogen and oxygen atoms in total. The van der Waals surface area contributed by atoms with E-state index in [4.69, 9.17) is 4.74 Å². The number of ether oxygens (including phenoxy) is 1. The Balaban J connectivity index is 1.65. The second-order valence-electron chi connectivity index (χ2n) is 5.47. The first kappa shape index (κ1) is 13.7. The number of nitrogens with one attached hydrogen (secondary N) is 1. The summed E-state index contributed by atoms with van der Waals surface area (Å²) >= 11 is 1.95. The average Bonchev–Trinajstić information content (AvgIpc) is 2.23. The molecule has 0 saturated heterocycles. The van der Waals surface area contributed by atoms with Crippen LogP contribution >= 0.6 is 11.8 Å². The smallest absolute Gasteiger partial charge is 0.0661 e. The maximum atomic E-state index is 5.87. The molecular formula is C14H27NOS. The zero-order valence-corrected chi connectivity index (χ0v) is 12.2. The van der Waals surface area contributed by atoms with Gasteiger partial charge in [0, 0.05) is 18.1 Å². The van der Waals surface area contributed by atoms with Crippen molar-refractivity contribution in [2.75, 3.05) is 25.2 Å². The molecule has 17 heavy (non-hydrogen) atoms. The Morgan fingerprint density at radius 1 is 1.35 bits per heavy atom. The number of hydrogen-bond acceptors (Lipinski definition) is 3. The molecular weight excluding hydrogens is 230 g/mol. The van der Waals surface area contributed by atoms with Crippen molar-refractivity contribution in [1.29, 1.82) is 0 Å². The third-order valence-electron chi connectivity index (χ3n) is 4.60. The molecule has 3 heteroatoms. The lowest BCUT2D eigenvalue weighted by atomic mass is 9.51. The molecule has 0 aliphatic heterocycles. The summed E-state index contributed by atoms with van der Waals surface area (Å²) in [7, 11) is 0. The molecule has 0 aromatic heterocycles. The summed E-state index contributed by atoms with van der Waals surface area (Å²) in [6.07, 6.45) is 10.9. The highest BCUT2D eigenvalue weighted by Crippen LogP contribution is 2.57. The van der Waals surface area contributed by atoms with E-state index < -0.39 is 0 Å². The van der Waals surface area contributed by atoms with E-state index in [1.807, 2.05) is 11.8 Å². The normalized spacial score (nSPS) is 30.0. The van der Waals surface area contributed by atoms with Crippen LogP contribution in [-0.2, 0) is 4.74 Å². The highest BCUT2D eigenvalue weighted by molar-refractivity contribution is 7.98. The van der Waals surface area contributed by atoms with Crippen LogP contribution in [0, 0.1) is 5.41 Å². The van der Waals surface area contributed by atoms with Crippen LogP contribution in [0.1, 0.15) is 45.4 Å². The van der Waals surface area contributed by atoms with Gasteiger partial charge in [-0.05, 0) is 57.6 Å². The number of hydrogen-bond donors (Lipinski definition) is 1. The predicted octanol–water partition coefficient (Wildman–Crippen LogP) is 3.07. The monoisotopic (exact) mass is 257 g/mol. The molecule has 2 aliphatic rings. The van der Waals surface area contributed by atoms with Gasteiger partial charge in [0.05, 0.1) is 6.10 Å². The van der Waals surface area contributed by atoms with Gasteiger partial charge in [-0.25, -0.2) is 0 Å². The summed E-state index contributed by atoms with van der Waals surface area (Å²) in [5, 5.41) is 3.77. The molecule has 0 heterocycles. The Bertz CT molecular complexity index is 230. The number of thioether (sulfide) groups is 1. The van der Waals surface area contributed by atoms with E-state index in [0.717, 1.165) is 12.6 Å². The summed E-state index contributed by atoms with van der Waals surface area (Å²) in [6, 6.07) is 0.752. The minimum atomic E-state index is 0.537. The van der Waals surface area contributed by atoms with Gasteiger partial charge in [0.1, 0.15) is 0 Å². The van der Waals surface area contributed by atoms with Gasteiger partial charge in [0.2, 0.25) is 0 Å². The summed E-state index contributed by atoms with van der Waals surface area (Å²) in [5.74, 6) is 1.30. The largest absolute Gasteiger partial charge is 0.378 e. The average molecular weight is 257 g/mol. The molecule has 0 radical (unpaired) electrons. The van der Waals surface area contributed by atoms with Crippen molar-refractivity contribution in [2.24, 2.45) is 5.41 Å².